The Morgan fingerprint density at radius 2 is 0.810 bits per heavy atom. The van der Waals surface area contributed by atoms with E-state index in [2.05, 4.69) is 0 Å². The summed E-state index contributed by atoms with van der Waals surface area (Å²) in [6.07, 6.45) is 7.62. The van der Waals surface area contributed by atoms with E-state index in [0.29, 0.717) is 11.1 Å². The number of hydrogen-bond acceptors (Lipinski definition) is 4. The van der Waals surface area contributed by atoms with Gasteiger partial charge in [-0.15, -0.1) is 0 Å². The number of rotatable bonds is 7. The van der Waals surface area contributed by atoms with Crippen molar-refractivity contribution in [2.45, 2.75) is 0 Å². The number of ketones is 2. The average Bonchev–Trinajstić information content (AvgIpc) is 3.05. The third-order valence-corrected chi connectivity index (χ3v) is 7.11. The summed E-state index contributed by atoms with van der Waals surface area (Å²) >= 11 is 0. The molecule has 0 unspecified atom stereocenters. The smallest absolute Gasteiger partial charge is 0.211 e. The van der Waals surface area contributed by atoms with Gasteiger partial charge in [0.15, 0.2) is 36.4 Å². The van der Waals surface area contributed by atoms with E-state index < -0.39 is 0 Å². The molecule has 202 valence electrons. The lowest BCUT2D eigenvalue weighted by atomic mass is 10.0. The summed E-state index contributed by atoms with van der Waals surface area (Å²) < 4.78 is 3.77. The van der Waals surface area contributed by atoms with E-state index in [9.17, 15) is 19.8 Å². The zero-order valence-electron chi connectivity index (χ0n) is 22.5. The van der Waals surface area contributed by atoms with Crippen molar-refractivity contribution in [1.29, 1.82) is 0 Å². The van der Waals surface area contributed by atoms with Crippen LogP contribution in [0.3, 0.4) is 0 Å². The van der Waals surface area contributed by atoms with Crippen LogP contribution < -0.4 is 9.13 Å². The second-order valence-electron chi connectivity index (χ2n) is 9.78. The molecule has 0 aliphatic carbocycles. The highest BCUT2D eigenvalue weighted by atomic mass is 16.3. The third kappa shape index (κ3) is 5.29. The first-order chi connectivity index (χ1) is 20.5. The second-order valence-corrected chi connectivity index (χ2v) is 9.78. The van der Waals surface area contributed by atoms with Crippen molar-refractivity contribution in [3.05, 3.63) is 168 Å². The molecule has 6 heteroatoms. The molecule has 0 saturated carbocycles. The summed E-state index contributed by atoms with van der Waals surface area (Å²) in [5, 5.41) is 20.7. The van der Waals surface area contributed by atoms with Gasteiger partial charge in [-0.05, 0) is 23.3 Å². The Labute approximate surface area is 242 Å². The molecule has 0 bridgehead atoms. The van der Waals surface area contributed by atoms with E-state index in [1.54, 1.807) is 72.8 Å². The van der Waals surface area contributed by atoms with Crippen LogP contribution in [0.5, 0.6) is 11.5 Å². The number of aromatic nitrogens is 2. The van der Waals surface area contributed by atoms with Crippen LogP contribution in [0.1, 0.15) is 31.8 Å². The van der Waals surface area contributed by atoms with Crippen LogP contribution in [-0.4, -0.2) is 21.8 Å². The second kappa shape index (κ2) is 11.3. The number of carbonyl (C=O) groups is 2. The maximum atomic E-state index is 13.0. The van der Waals surface area contributed by atoms with Gasteiger partial charge in [0.05, 0.1) is 11.1 Å². The molecule has 0 amide bonds. The fourth-order valence-electron chi connectivity index (χ4n) is 4.81. The Balaban J connectivity index is 1.23. The number of aromatic hydroxyl groups is 2. The summed E-state index contributed by atoms with van der Waals surface area (Å²) in [5.41, 5.74) is 4.98. The van der Waals surface area contributed by atoms with E-state index in [1.807, 2.05) is 70.3 Å². The van der Waals surface area contributed by atoms with Crippen LogP contribution in [-0.2, 0) is 0 Å². The van der Waals surface area contributed by atoms with Gasteiger partial charge in [0.2, 0.25) is 11.4 Å². The molecule has 6 aromatic rings. The quantitative estimate of drug-likeness (QED) is 0.195. The Bertz CT molecular complexity index is 1760. The number of nitrogens with zero attached hydrogens (tertiary/aromatic N) is 2. The van der Waals surface area contributed by atoms with E-state index >= 15 is 0 Å². The maximum absolute atomic E-state index is 13.0. The maximum Gasteiger partial charge on any atom is 0.211 e. The molecular formula is C36H26N2O4+2. The van der Waals surface area contributed by atoms with Gasteiger partial charge in [-0.1, -0.05) is 60.7 Å². The highest BCUT2D eigenvalue weighted by Gasteiger charge is 2.19. The number of hydrogen-bond donors (Lipinski definition) is 2. The summed E-state index contributed by atoms with van der Waals surface area (Å²) in [6.45, 7) is 0. The molecule has 0 aliphatic rings. The zero-order valence-corrected chi connectivity index (χ0v) is 22.5. The normalized spacial score (nSPS) is 10.8. The summed E-state index contributed by atoms with van der Waals surface area (Å²) in [7, 11) is 0. The van der Waals surface area contributed by atoms with Gasteiger partial charge >= 0.3 is 0 Å². The highest BCUT2D eigenvalue weighted by Crippen LogP contribution is 2.24. The van der Waals surface area contributed by atoms with Crippen molar-refractivity contribution in [2.75, 3.05) is 0 Å². The van der Waals surface area contributed by atoms with Crippen LogP contribution in [0.25, 0.3) is 22.5 Å². The fraction of sp³-hybridized carbons (Fsp3) is 0. The minimum absolute atomic E-state index is 0.0624. The molecule has 0 atom stereocenters. The Hall–Kier alpha value is -5.88. The zero-order chi connectivity index (χ0) is 29.1. The molecule has 2 heterocycles. The van der Waals surface area contributed by atoms with Crippen molar-refractivity contribution >= 4 is 11.6 Å². The van der Waals surface area contributed by atoms with Crippen LogP contribution in [0, 0.1) is 0 Å². The van der Waals surface area contributed by atoms with Crippen molar-refractivity contribution < 1.29 is 28.9 Å². The molecule has 6 nitrogen and oxygen atoms in total. The first kappa shape index (κ1) is 26.3. The minimum Gasteiger partial charge on any atom is -0.507 e. The third-order valence-electron chi connectivity index (χ3n) is 7.11. The first-order valence-corrected chi connectivity index (χ1v) is 13.4. The number of pyridine rings is 2. The molecule has 4 aromatic carbocycles. The molecule has 6 rings (SSSR count). The largest absolute Gasteiger partial charge is 0.507 e. The number of benzene rings is 4. The molecule has 0 aliphatic heterocycles. The Morgan fingerprint density at radius 3 is 1.17 bits per heavy atom. The average molecular weight is 551 g/mol. The Morgan fingerprint density at radius 1 is 0.452 bits per heavy atom. The van der Waals surface area contributed by atoms with E-state index in [4.69, 9.17) is 0 Å². The van der Waals surface area contributed by atoms with Gasteiger partial charge < -0.3 is 10.2 Å². The molecular weight excluding hydrogens is 524 g/mol. The monoisotopic (exact) mass is 550 g/mol. The van der Waals surface area contributed by atoms with Crippen LogP contribution in [0.15, 0.2) is 146 Å². The van der Waals surface area contributed by atoms with Gasteiger partial charge in [0, 0.05) is 59.7 Å². The molecule has 2 N–H and O–H groups in total. The van der Waals surface area contributed by atoms with Crippen LogP contribution in [0.4, 0.5) is 0 Å². The summed E-state index contributed by atoms with van der Waals surface area (Å²) in [6, 6.07) is 35.6. The minimum atomic E-state index is -0.241. The predicted octanol–water partition coefficient (Wildman–Crippen LogP) is 5.78. The van der Waals surface area contributed by atoms with Crippen molar-refractivity contribution in [3.8, 4) is 34.0 Å². The molecule has 42 heavy (non-hydrogen) atoms. The van der Waals surface area contributed by atoms with E-state index in [-0.39, 0.29) is 34.2 Å². The lowest BCUT2D eigenvalue weighted by Crippen LogP contribution is -2.30. The van der Waals surface area contributed by atoms with Crippen LogP contribution >= 0.6 is 0 Å². The lowest BCUT2D eigenvalue weighted by Gasteiger charge is -2.06. The molecule has 0 radical (unpaired) electrons. The number of carbonyl (C=O) groups excluding carboxylic acids is 2. The van der Waals surface area contributed by atoms with Gasteiger partial charge in [-0.25, -0.2) is 0 Å². The number of phenols is 2. The van der Waals surface area contributed by atoms with Gasteiger partial charge in [0.25, 0.3) is 0 Å². The number of phenolic OH excluding ortho intramolecular Hbond substituents is 2. The van der Waals surface area contributed by atoms with Gasteiger partial charge in [0.1, 0.15) is 11.5 Å². The standard InChI is InChI=1S/C36H24N2O4/c39-33-13-11-29(23-31(33)35(41)27-7-3-1-4-8-27)37-19-15-25(16-20-37)26-17-21-38(22-18-26)30-12-14-34(40)32(24-30)36(42)28-9-5-2-6-10-28/h1-24H/p+2. The molecule has 0 saturated heterocycles. The summed E-state index contributed by atoms with van der Waals surface area (Å²) in [5.74, 6) is -0.606. The van der Waals surface area contributed by atoms with Gasteiger partial charge in [-0.2, -0.15) is 9.13 Å². The van der Waals surface area contributed by atoms with Crippen molar-refractivity contribution in [3.63, 3.8) is 0 Å². The molecule has 0 spiro atoms. The van der Waals surface area contributed by atoms with Crippen LogP contribution in [0.2, 0.25) is 0 Å². The lowest BCUT2D eigenvalue weighted by molar-refractivity contribution is -0.596. The fourth-order valence-corrected chi connectivity index (χ4v) is 4.81. The van der Waals surface area contributed by atoms with E-state index in [0.717, 1.165) is 22.5 Å². The van der Waals surface area contributed by atoms with Crippen molar-refractivity contribution in [2.24, 2.45) is 0 Å². The predicted molar refractivity (Wildman–Crippen MR) is 158 cm³/mol. The highest BCUT2D eigenvalue weighted by molar-refractivity contribution is 6.11. The molecule has 2 aromatic heterocycles. The van der Waals surface area contributed by atoms with Gasteiger partial charge in [-0.3, -0.25) is 9.59 Å². The SMILES string of the molecule is O=C(c1ccccc1)c1cc(-[n+]2ccc(-c3cc[n+](-c4ccc(O)c(C(=O)c5ccccc5)c4)cc3)cc2)ccc1O. The topological polar surface area (TPSA) is 82.4 Å². The first-order valence-electron chi connectivity index (χ1n) is 13.4. The Kier molecular flexibility index (Phi) is 7.10. The summed E-state index contributed by atoms with van der Waals surface area (Å²) in [4.78, 5) is 25.9. The van der Waals surface area contributed by atoms with Crippen molar-refractivity contribution in [1.82, 2.24) is 0 Å². The van der Waals surface area contributed by atoms with E-state index in [1.165, 1.54) is 12.1 Å². The molecule has 0 fully saturated rings.